The Morgan fingerprint density at radius 1 is 1.12 bits per heavy atom. The van der Waals surface area contributed by atoms with Crippen LogP contribution in [0.2, 0.25) is 0 Å². The Bertz CT molecular complexity index is 850. The number of nitrogens with zero attached hydrogens (tertiary/aromatic N) is 3. The number of hydrogen-bond acceptors (Lipinski definition) is 4. The summed E-state index contributed by atoms with van der Waals surface area (Å²) in [7, 11) is 0. The van der Waals surface area contributed by atoms with E-state index in [4.69, 9.17) is 4.74 Å². The first-order valence-electron chi connectivity index (χ1n) is 8.19. The number of rotatable bonds is 7. The van der Waals surface area contributed by atoms with E-state index in [0.29, 0.717) is 12.4 Å². The predicted octanol–water partition coefficient (Wildman–Crippen LogP) is 4.58. The van der Waals surface area contributed by atoms with Crippen LogP contribution in [0, 0.1) is 12.7 Å². The number of aromatic nitrogens is 3. The van der Waals surface area contributed by atoms with E-state index in [1.807, 2.05) is 12.1 Å². The maximum absolute atomic E-state index is 13.5. The lowest BCUT2D eigenvalue weighted by Gasteiger charge is -2.09. The van der Waals surface area contributed by atoms with Gasteiger partial charge in [-0.05, 0) is 32.0 Å². The summed E-state index contributed by atoms with van der Waals surface area (Å²) >= 11 is 1.56. The molecule has 3 rings (SSSR count). The standard InChI is InChI=1S/C19H20FN3OS/c1-3-23-18(15-8-6-7-14(2)13-15)21-22-19(23)25-12-11-24-17-10-5-4-9-16(17)20/h4-10,13H,3,11-12H2,1-2H3. The van der Waals surface area contributed by atoms with Gasteiger partial charge in [0, 0.05) is 17.9 Å². The second-order valence-electron chi connectivity index (χ2n) is 5.55. The second-order valence-corrected chi connectivity index (χ2v) is 6.61. The minimum absolute atomic E-state index is 0.278. The lowest BCUT2D eigenvalue weighted by atomic mass is 10.1. The molecule has 6 heteroatoms. The van der Waals surface area contributed by atoms with Crippen LogP contribution in [-0.2, 0) is 6.54 Å². The molecule has 0 atom stereocenters. The zero-order valence-corrected chi connectivity index (χ0v) is 15.1. The number of halogens is 1. The van der Waals surface area contributed by atoms with Crippen molar-refractivity contribution in [3.05, 3.63) is 59.9 Å². The maximum Gasteiger partial charge on any atom is 0.191 e. The molecule has 0 bridgehead atoms. The van der Waals surface area contributed by atoms with Gasteiger partial charge in [0.2, 0.25) is 0 Å². The molecule has 25 heavy (non-hydrogen) atoms. The van der Waals surface area contributed by atoms with E-state index in [-0.39, 0.29) is 11.6 Å². The molecule has 0 unspecified atom stereocenters. The molecule has 0 aliphatic rings. The fraction of sp³-hybridized carbons (Fsp3) is 0.263. The summed E-state index contributed by atoms with van der Waals surface area (Å²) in [4.78, 5) is 0. The third-order valence-electron chi connectivity index (χ3n) is 3.72. The van der Waals surface area contributed by atoms with E-state index in [1.165, 1.54) is 11.6 Å². The van der Waals surface area contributed by atoms with Crippen molar-refractivity contribution in [2.24, 2.45) is 0 Å². The molecule has 0 radical (unpaired) electrons. The van der Waals surface area contributed by atoms with Crippen molar-refractivity contribution >= 4 is 11.8 Å². The molecule has 0 fully saturated rings. The number of benzene rings is 2. The number of ether oxygens (including phenoxy) is 1. The molecule has 0 aliphatic heterocycles. The lowest BCUT2D eigenvalue weighted by molar-refractivity contribution is 0.325. The second kappa shape index (κ2) is 8.16. The quantitative estimate of drug-likeness (QED) is 0.458. The number of thioether (sulfide) groups is 1. The molecular formula is C19H20FN3OS. The molecule has 130 valence electrons. The Morgan fingerprint density at radius 3 is 2.72 bits per heavy atom. The summed E-state index contributed by atoms with van der Waals surface area (Å²) in [5.74, 6) is 1.47. The van der Waals surface area contributed by atoms with Crippen molar-refractivity contribution in [3.8, 4) is 17.1 Å². The number of hydrogen-bond donors (Lipinski definition) is 0. The highest BCUT2D eigenvalue weighted by molar-refractivity contribution is 7.99. The van der Waals surface area contributed by atoms with E-state index in [2.05, 4.69) is 40.7 Å². The Kier molecular flexibility index (Phi) is 5.71. The molecule has 0 amide bonds. The summed E-state index contributed by atoms with van der Waals surface area (Å²) in [6, 6.07) is 14.7. The van der Waals surface area contributed by atoms with E-state index < -0.39 is 0 Å². The van der Waals surface area contributed by atoms with Crippen LogP contribution in [-0.4, -0.2) is 27.1 Å². The lowest BCUT2D eigenvalue weighted by Crippen LogP contribution is -2.04. The van der Waals surface area contributed by atoms with E-state index in [9.17, 15) is 4.39 Å². The van der Waals surface area contributed by atoms with Crippen molar-refractivity contribution < 1.29 is 9.13 Å². The van der Waals surface area contributed by atoms with Crippen molar-refractivity contribution in [3.63, 3.8) is 0 Å². The van der Waals surface area contributed by atoms with Gasteiger partial charge in [0.05, 0.1) is 6.61 Å². The average Bonchev–Trinajstić information content (AvgIpc) is 3.03. The number of para-hydroxylation sites is 1. The highest BCUT2D eigenvalue weighted by Crippen LogP contribution is 2.25. The van der Waals surface area contributed by atoms with Gasteiger partial charge in [0.1, 0.15) is 0 Å². The van der Waals surface area contributed by atoms with Crippen LogP contribution in [0.1, 0.15) is 12.5 Å². The summed E-state index contributed by atoms with van der Waals surface area (Å²) in [6.07, 6.45) is 0. The van der Waals surface area contributed by atoms with Crippen molar-refractivity contribution in [2.45, 2.75) is 25.5 Å². The van der Waals surface area contributed by atoms with Gasteiger partial charge in [-0.15, -0.1) is 10.2 Å². The van der Waals surface area contributed by atoms with Crippen molar-refractivity contribution in [2.75, 3.05) is 12.4 Å². The van der Waals surface area contributed by atoms with E-state index in [0.717, 1.165) is 23.1 Å². The molecule has 4 nitrogen and oxygen atoms in total. The third-order valence-corrected chi connectivity index (χ3v) is 4.65. The normalized spacial score (nSPS) is 10.8. The summed E-state index contributed by atoms with van der Waals surface area (Å²) in [5.41, 5.74) is 2.25. The van der Waals surface area contributed by atoms with Gasteiger partial charge in [-0.2, -0.15) is 0 Å². The minimum Gasteiger partial charge on any atom is -0.490 e. The molecular weight excluding hydrogens is 337 g/mol. The molecule has 2 aromatic carbocycles. The fourth-order valence-corrected chi connectivity index (χ4v) is 3.34. The Morgan fingerprint density at radius 2 is 1.96 bits per heavy atom. The molecule has 0 N–H and O–H groups in total. The van der Waals surface area contributed by atoms with Gasteiger partial charge in [-0.25, -0.2) is 4.39 Å². The van der Waals surface area contributed by atoms with Crippen molar-refractivity contribution in [1.82, 2.24) is 14.8 Å². The van der Waals surface area contributed by atoms with E-state index in [1.54, 1.807) is 30.0 Å². The van der Waals surface area contributed by atoms with E-state index >= 15 is 0 Å². The minimum atomic E-state index is -0.342. The molecule has 3 aromatic rings. The molecule has 1 heterocycles. The Balaban J connectivity index is 1.64. The van der Waals surface area contributed by atoms with Crippen molar-refractivity contribution in [1.29, 1.82) is 0 Å². The first-order valence-corrected chi connectivity index (χ1v) is 9.18. The van der Waals surface area contributed by atoms with Crippen LogP contribution in [0.3, 0.4) is 0 Å². The monoisotopic (exact) mass is 357 g/mol. The Hall–Kier alpha value is -2.34. The summed E-state index contributed by atoms with van der Waals surface area (Å²) in [5, 5.41) is 9.49. The van der Waals surface area contributed by atoms with Crippen LogP contribution in [0.4, 0.5) is 4.39 Å². The van der Waals surface area contributed by atoms with Crippen LogP contribution >= 0.6 is 11.8 Å². The first-order chi connectivity index (χ1) is 12.2. The predicted molar refractivity (Wildman–Crippen MR) is 98.5 cm³/mol. The summed E-state index contributed by atoms with van der Waals surface area (Å²) < 4.78 is 21.1. The van der Waals surface area contributed by atoms with Gasteiger partial charge in [-0.3, -0.25) is 0 Å². The van der Waals surface area contributed by atoms with Gasteiger partial charge in [-0.1, -0.05) is 47.7 Å². The summed E-state index contributed by atoms with van der Waals surface area (Å²) in [6.45, 7) is 5.32. The fourth-order valence-electron chi connectivity index (χ4n) is 2.52. The molecule has 1 aromatic heterocycles. The van der Waals surface area contributed by atoms with Crippen LogP contribution in [0.5, 0.6) is 5.75 Å². The average molecular weight is 357 g/mol. The van der Waals surface area contributed by atoms with Gasteiger partial charge < -0.3 is 9.30 Å². The van der Waals surface area contributed by atoms with Gasteiger partial charge in [0.25, 0.3) is 0 Å². The SMILES string of the molecule is CCn1c(SCCOc2ccccc2F)nnc1-c1cccc(C)c1. The largest absolute Gasteiger partial charge is 0.490 e. The Labute approximate surface area is 151 Å². The highest BCUT2D eigenvalue weighted by Gasteiger charge is 2.13. The van der Waals surface area contributed by atoms with Gasteiger partial charge >= 0.3 is 0 Å². The molecule has 0 saturated heterocycles. The molecule has 0 saturated carbocycles. The van der Waals surface area contributed by atoms with Gasteiger partial charge in [0.15, 0.2) is 22.5 Å². The topological polar surface area (TPSA) is 39.9 Å². The highest BCUT2D eigenvalue weighted by atomic mass is 32.2. The zero-order valence-electron chi connectivity index (χ0n) is 14.3. The zero-order chi connectivity index (χ0) is 17.6. The third kappa shape index (κ3) is 4.20. The molecule has 0 aliphatic carbocycles. The first kappa shape index (κ1) is 17.5. The van der Waals surface area contributed by atoms with Crippen LogP contribution in [0.15, 0.2) is 53.7 Å². The van der Waals surface area contributed by atoms with Crippen LogP contribution < -0.4 is 4.74 Å². The van der Waals surface area contributed by atoms with Crippen LogP contribution in [0.25, 0.3) is 11.4 Å². The number of aryl methyl sites for hydroxylation is 1. The maximum atomic E-state index is 13.5. The smallest absolute Gasteiger partial charge is 0.191 e. The molecule has 0 spiro atoms.